The highest BCUT2D eigenvalue weighted by molar-refractivity contribution is 7.92. The van der Waals surface area contributed by atoms with Gasteiger partial charge in [-0.1, -0.05) is 12.1 Å². The molecule has 70 valence electrons. The van der Waals surface area contributed by atoms with Crippen molar-refractivity contribution in [1.82, 2.24) is 0 Å². The SMILES string of the molecule is CN1c2ccccc2OCS1(=O)=O. The van der Waals surface area contributed by atoms with Crippen LogP contribution >= 0.6 is 0 Å². The minimum Gasteiger partial charge on any atom is -0.474 e. The predicted octanol–water partition coefficient (Wildman–Crippen LogP) is 0.802. The molecule has 0 spiro atoms. The quantitative estimate of drug-likeness (QED) is 0.621. The van der Waals surface area contributed by atoms with E-state index >= 15 is 0 Å². The molecule has 1 aromatic carbocycles. The fourth-order valence-corrected chi connectivity index (χ4v) is 2.09. The maximum absolute atomic E-state index is 11.3. The first-order chi connectivity index (χ1) is 6.11. The van der Waals surface area contributed by atoms with Crippen molar-refractivity contribution in [3.63, 3.8) is 0 Å². The van der Waals surface area contributed by atoms with Gasteiger partial charge in [-0.05, 0) is 12.1 Å². The zero-order valence-electron chi connectivity index (χ0n) is 7.10. The molecule has 0 fully saturated rings. The first-order valence-corrected chi connectivity index (χ1v) is 5.40. The second-order valence-electron chi connectivity index (χ2n) is 2.81. The average Bonchev–Trinajstić information content (AvgIpc) is 2.13. The lowest BCUT2D eigenvalue weighted by atomic mass is 10.3. The predicted molar refractivity (Wildman–Crippen MR) is 49.3 cm³/mol. The largest absolute Gasteiger partial charge is 0.474 e. The lowest BCUT2D eigenvalue weighted by Crippen LogP contribution is -2.35. The summed E-state index contributed by atoms with van der Waals surface area (Å²) in [4.78, 5) is 0. The highest BCUT2D eigenvalue weighted by Gasteiger charge is 2.26. The van der Waals surface area contributed by atoms with E-state index in [9.17, 15) is 8.42 Å². The Kier molecular flexibility index (Phi) is 1.69. The van der Waals surface area contributed by atoms with Gasteiger partial charge in [-0.25, -0.2) is 8.42 Å². The molecule has 0 unspecified atom stereocenters. The van der Waals surface area contributed by atoms with Gasteiger partial charge >= 0.3 is 0 Å². The third kappa shape index (κ3) is 1.25. The summed E-state index contributed by atoms with van der Waals surface area (Å²) in [7, 11) is -1.74. The molecular formula is C8H9NO3S. The molecule has 1 aliphatic rings. The maximum Gasteiger partial charge on any atom is 0.270 e. The van der Waals surface area contributed by atoms with Gasteiger partial charge in [0.05, 0.1) is 5.69 Å². The maximum atomic E-state index is 11.3. The van der Waals surface area contributed by atoms with Crippen LogP contribution in [-0.2, 0) is 10.0 Å². The third-order valence-corrected chi connectivity index (χ3v) is 3.43. The number of fused-ring (bicyclic) bond motifs is 1. The van der Waals surface area contributed by atoms with E-state index in [0.717, 1.165) is 0 Å². The van der Waals surface area contributed by atoms with Crippen molar-refractivity contribution >= 4 is 15.7 Å². The highest BCUT2D eigenvalue weighted by atomic mass is 32.2. The lowest BCUT2D eigenvalue weighted by Gasteiger charge is -2.26. The van der Waals surface area contributed by atoms with Crippen LogP contribution in [0.1, 0.15) is 0 Å². The Bertz CT molecular complexity index is 427. The number of benzene rings is 1. The second-order valence-corrected chi connectivity index (χ2v) is 4.76. The Balaban J connectivity index is 2.58. The smallest absolute Gasteiger partial charge is 0.270 e. The number of para-hydroxylation sites is 2. The summed E-state index contributed by atoms with van der Waals surface area (Å²) in [5, 5.41) is 0. The number of hydrogen-bond acceptors (Lipinski definition) is 3. The Morgan fingerprint density at radius 2 is 2.08 bits per heavy atom. The van der Waals surface area contributed by atoms with Gasteiger partial charge in [0.2, 0.25) is 5.94 Å². The summed E-state index contributed by atoms with van der Waals surface area (Å²) in [5.41, 5.74) is 0.591. The Morgan fingerprint density at radius 1 is 1.38 bits per heavy atom. The normalized spacial score (nSPS) is 19.0. The number of anilines is 1. The van der Waals surface area contributed by atoms with Crippen LogP contribution in [0.15, 0.2) is 24.3 Å². The first kappa shape index (κ1) is 8.37. The van der Waals surface area contributed by atoms with Crippen LogP contribution in [0.2, 0.25) is 0 Å². The lowest BCUT2D eigenvalue weighted by molar-refractivity contribution is 0.370. The summed E-state index contributed by atoms with van der Waals surface area (Å²) in [6.07, 6.45) is 0. The molecule has 0 bridgehead atoms. The minimum atomic E-state index is -3.26. The summed E-state index contributed by atoms with van der Waals surface area (Å²) >= 11 is 0. The van der Waals surface area contributed by atoms with Crippen molar-refractivity contribution in [2.24, 2.45) is 0 Å². The molecule has 1 heterocycles. The zero-order valence-corrected chi connectivity index (χ0v) is 7.91. The van der Waals surface area contributed by atoms with Crippen molar-refractivity contribution in [2.75, 3.05) is 17.3 Å². The molecule has 0 amide bonds. The van der Waals surface area contributed by atoms with E-state index in [0.29, 0.717) is 11.4 Å². The van der Waals surface area contributed by atoms with Crippen molar-refractivity contribution in [2.45, 2.75) is 0 Å². The van der Waals surface area contributed by atoms with E-state index in [4.69, 9.17) is 4.74 Å². The molecule has 1 aromatic rings. The number of rotatable bonds is 0. The van der Waals surface area contributed by atoms with E-state index < -0.39 is 10.0 Å². The molecule has 2 rings (SSSR count). The number of hydrogen-bond donors (Lipinski definition) is 0. The summed E-state index contributed by atoms with van der Waals surface area (Å²) < 4.78 is 29.0. The Labute approximate surface area is 76.8 Å². The van der Waals surface area contributed by atoms with E-state index in [-0.39, 0.29) is 5.94 Å². The molecule has 0 radical (unpaired) electrons. The van der Waals surface area contributed by atoms with Crippen molar-refractivity contribution in [3.05, 3.63) is 24.3 Å². The average molecular weight is 199 g/mol. The summed E-state index contributed by atoms with van der Waals surface area (Å²) in [6, 6.07) is 7.05. The zero-order chi connectivity index (χ0) is 9.47. The molecule has 0 saturated carbocycles. The van der Waals surface area contributed by atoms with E-state index in [1.165, 1.54) is 11.4 Å². The van der Waals surface area contributed by atoms with Gasteiger partial charge in [-0.15, -0.1) is 0 Å². The number of sulfonamides is 1. The van der Waals surface area contributed by atoms with Gasteiger partial charge in [-0.2, -0.15) is 0 Å². The van der Waals surface area contributed by atoms with Crippen molar-refractivity contribution < 1.29 is 13.2 Å². The number of nitrogens with zero attached hydrogens (tertiary/aromatic N) is 1. The standard InChI is InChI=1S/C8H9NO3S/c1-9-7-4-2-3-5-8(7)12-6-13(9,10)11/h2-5H,6H2,1H3. The van der Waals surface area contributed by atoms with Crippen LogP contribution in [0, 0.1) is 0 Å². The Hall–Kier alpha value is -1.23. The van der Waals surface area contributed by atoms with Gasteiger partial charge in [0.15, 0.2) is 0 Å². The molecule has 0 N–H and O–H groups in total. The number of ether oxygens (including phenoxy) is 1. The Morgan fingerprint density at radius 3 is 2.85 bits per heavy atom. The van der Waals surface area contributed by atoms with Gasteiger partial charge < -0.3 is 4.74 Å². The summed E-state index contributed by atoms with van der Waals surface area (Å²) in [5.74, 6) is 0.334. The van der Waals surface area contributed by atoms with Crippen LogP contribution < -0.4 is 9.04 Å². The fourth-order valence-electron chi connectivity index (χ4n) is 1.21. The molecule has 0 atom stereocenters. The van der Waals surface area contributed by atoms with Crippen LogP contribution in [-0.4, -0.2) is 21.4 Å². The molecule has 0 aromatic heterocycles. The van der Waals surface area contributed by atoms with Crippen LogP contribution in [0.5, 0.6) is 5.75 Å². The van der Waals surface area contributed by atoms with Gasteiger partial charge in [0, 0.05) is 7.05 Å². The van der Waals surface area contributed by atoms with E-state index in [2.05, 4.69) is 0 Å². The highest BCUT2D eigenvalue weighted by Crippen LogP contribution is 2.32. The van der Waals surface area contributed by atoms with Crippen LogP contribution in [0.3, 0.4) is 0 Å². The molecular weight excluding hydrogens is 190 g/mol. The van der Waals surface area contributed by atoms with Gasteiger partial charge in [0.25, 0.3) is 10.0 Å². The van der Waals surface area contributed by atoms with Crippen molar-refractivity contribution in [3.8, 4) is 5.75 Å². The molecule has 0 aliphatic carbocycles. The second kappa shape index (κ2) is 2.63. The van der Waals surface area contributed by atoms with Gasteiger partial charge in [-0.3, -0.25) is 4.31 Å². The van der Waals surface area contributed by atoms with Crippen molar-refractivity contribution in [1.29, 1.82) is 0 Å². The minimum absolute atomic E-state index is 0.277. The van der Waals surface area contributed by atoms with Crippen LogP contribution in [0.4, 0.5) is 5.69 Å². The molecule has 0 saturated heterocycles. The molecule has 4 nitrogen and oxygen atoms in total. The topological polar surface area (TPSA) is 46.6 Å². The molecule has 1 aliphatic heterocycles. The fraction of sp³-hybridized carbons (Fsp3) is 0.250. The van der Waals surface area contributed by atoms with Crippen LogP contribution in [0.25, 0.3) is 0 Å². The molecule has 13 heavy (non-hydrogen) atoms. The third-order valence-electron chi connectivity index (χ3n) is 1.99. The monoisotopic (exact) mass is 199 g/mol. The molecule has 5 heteroatoms. The van der Waals surface area contributed by atoms with E-state index in [1.54, 1.807) is 18.2 Å². The first-order valence-electron chi connectivity index (χ1n) is 3.80. The van der Waals surface area contributed by atoms with E-state index in [1.807, 2.05) is 6.07 Å². The van der Waals surface area contributed by atoms with Gasteiger partial charge in [0.1, 0.15) is 5.75 Å². The summed E-state index contributed by atoms with van der Waals surface area (Å²) in [6.45, 7) is 0.